The van der Waals surface area contributed by atoms with E-state index in [0.717, 1.165) is 30.7 Å². The lowest BCUT2D eigenvalue weighted by Crippen LogP contribution is -2.01. The Labute approximate surface area is 111 Å². The first-order valence-corrected chi connectivity index (χ1v) is 6.88. The molecule has 10 heteroatoms. The predicted octanol–water partition coefficient (Wildman–Crippen LogP) is 1.99. The molecule has 0 aliphatic rings. The van der Waals surface area contributed by atoms with E-state index in [0.29, 0.717) is 9.50 Å². The molecule has 2 aromatic rings. The van der Waals surface area contributed by atoms with Crippen LogP contribution in [-0.2, 0) is 6.54 Å². The van der Waals surface area contributed by atoms with Crippen molar-refractivity contribution in [1.82, 2.24) is 25.2 Å². The van der Waals surface area contributed by atoms with E-state index < -0.39 is 4.92 Å². The number of tetrazole rings is 1. The minimum absolute atomic E-state index is 0.0101. The van der Waals surface area contributed by atoms with Crippen molar-refractivity contribution < 1.29 is 4.92 Å². The SMILES string of the molecule is CCCCn1nnc(Sc2ncc([N+](=O)[O-])s2)n1. The second-order valence-corrected chi connectivity index (χ2v) is 5.57. The topological polar surface area (TPSA) is 99.6 Å². The summed E-state index contributed by atoms with van der Waals surface area (Å²) in [6, 6.07) is 0. The summed E-state index contributed by atoms with van der Waals surface area (Å²) in [5, 5.41) is 22.9. The molecule has 18 heavy (non-hydrogen) atoms. The normalized spacial score (nSPS) is 10.7. The van der Waals surface area contributed by atoms with Gasteiger partial charge in [0.25, 0.3) is 0 Å². The average Bonchev–Trinajstić information content (AvgIpc) is 2.96. The van der Waals surface area contributed by atoms with Crippen molar-refractivity contribution in [3.8, 4) is 0 Å². The quantitative estimate of drug-likeness (QED) is 0.591. The van der Waals surface area contributed by atoms with Crippen molar-refractivity contribution >= 4 is 28.1 Å². The van der Waals surface area contributed by atoms with E-state index in [4.69, 9.17) is 0 Å². The summed E-state index contributed by atoms with van der Waals surface area (Å²) in [4.78, 5) is 15.5. The third-order valence-corrected chi connectivity index (χ3v) is 3.85. The number of hydrogen-bond donors (Lipinski definition) is 0. The molecule has 0 aromatic carbocycles. The van der Waals surface area contributed by atoms with Crippen LogP contribution in [0.2, 0.25) is 0 Å². The van der Waals surface area contributed by atoms with Gasteiger partial charge in [-0.3, -0.25) is 10.1 Å². The minimum atomic E-state index is -0.465. The highest BCUT2D eigenvalue weighted by molar-refractivity contribution is 8.00. The predicted molar refractivity (Wildman–Crippen MR) is 65.6 cm³/mol. The Balaban J connectivity index is 1.99. The molecule has 0 unspecified atom stereocenters. The van der Waals surface area contributed by atoms with Gasteiger partial charge in [-0.2, -0.15) is 4.80 Å². The van der Waals surface area contributed by atoms with E-state index in [-0.39, 0.29) is 5.00 Å². The van der Waals surface area contributed by atoms with Gasteiger partial charge < -0.3 is 0 Å². The van der Waals surface area contributed by atoms with Crippen LogP contribution in [0.3, 0.4) is 0 Å². The number of unbranched alkanes of at least 4 members (excludes halogenated alkanes) is 1. The molecule has 2 heterocycles. The molecule has 2 rings (SSSR count). The van der Waals surface area contributed by atoms with E-state index in [1.165, 1.54) is 22.8 Å². The first kappa shape index (κ1) is 12.9. The fraction of sp³-hybridized carbons (Fsp3) is 0.500. The van der Waals surface area contributed by atoms with E-state index in [1.54, 1.807) is 0 Å². The highest BCUT2D eigenvalue weighted by atomic mass is 32.2. The summed E-state index contributed by atoms with van der Waals surface area (Å²) >= 11 is 2.18. The van der Waals surface area contributed by atoms with E-state index >= 15 is 0 Å². The van der Waals surface area contributed by atoms with Crippen LogP contribution in [0, 0.1) is 10.1 Å². The lowest BCUT2D eigenvalue weighted by atomic mass is 10.3. The molecule has 0 atom stereocenters. The first-order chi connectivity index (χ1) is 8.69. The molecule has 8 nitrogen and oxygen atoms in total. The largest absolute Gasteiger partial charge is 0.344 e. The number of hydrogen-bond acceptors (Lipinski definition) is 8. The highest BCUT2D eigenvalue weighted by Crippen LogP contribution is 2.31. The number of aromatic nitrogens is 5. The number of rotatable bonds is 6. The summed E-state index contributed by atoms with van der Waals surface area (Å²) < 4.78 is 0.539. The molecule has 0 bridgehead atoms. The third kappa shape index (κ3) is 3.23. The van der Waals surface area contributed by atoms with Crippen LogP contribution in [0.4, 0.5) is 5.00 Å². The second kappa shape index (κ2) is 5.87. The maximum Gasteiger partial charge on any atom is 0.344 e. The summed E-state index contributed by atoms with van der Waals surface area (Å²) in [5.41, 5.74) is 0. The molecule has 0 saturated heterocycles. The smallest absolute Gasteiger partial charge is 0.257 e. The Morgan fingerprint density at radius 3 is 3.11 bits per heavy atom. The molecular weight excluding hydrogens is 276 g/mol. The van der Waals surface area contributed by atoms with Gasteiger partial charge in [-0.15, -0.1) is 10.2 Å². The molecule has 0 saturated carbocycles. The zero-order valence-electron chi connectivity index (χ0n) is 9.51. The number of nitro groups is 1. The van der Waals surface area contributed by atoms with Crippen LogP contribution in [0.25, 0.3) is 0 Å². The molecule has 0 N–H and O–H groups in total. The Morgan fingerprint density at radius 1 is 1.61 bits per heavy atom. The summed E-state index contributed by atoms with van der Waals surface area (Å²) in [7, 11) is 0. The van der Waals surface area contributed by atoms with Crippen molar-refractivity contribution in [2.75, 3.05) is 0 Å². The monoisotopic (exact) mass is 286 g/mol. The Hall–Kier alpha value is -1.55. The average molecular weight is 286 g/mol. The fourth-order valence-corrected chi connectivity index (χ4v) is 2.71. The van der Waals surface area contributed by atoms with Gasteiger partial charge in [0.15, 0.2) is 4.34 Å². The Kier molecular flexibility index (Phi) is 4.20. The summed E-state index contributed by atoms with van der Waals surface area (Å²) in [5.74, 6) is 0. The number of thiazole rings is 1. The van der Waals surface area contributed by atoms with Crippen LogP contribution in [-0.4, -0.2) is 30.1 Å². The molecule has 0 aliphatic carbocycles. The van der Waals surface area contributed by atoms with E-state index in [2.05, 4.69) is 27.3 Å². The standard InChI is InChI=1S/C8H10N6O2S2/c1-2-3-4-13-11-7(10-12-13)18-8-9-5-6(17-8)14(15)16/h5H,2-4H2,1H3. The minimum Gasteiger partial charge on any atom is -0.257 e. The van der Waals surface area contributed by atoms with Gasteiger partial charge in [0.2, 0.25) is 5.16 Å². The molecular formula is C8H10N6O2S2. The third-order valence-electron chi connectivity index (χ3n) is 1.98. The number of nitrogens with zero attached hydrogens (tertiary/aromatic N) is 6. The maximum atomic E-state index is 10.5. The second-order valence-electron chi connectivity index (χ2n) is 3.35. The first-order valence-electron chi connectivity index (χ1n) is 5.25. The zero-order chi connectivity index (χ0) is 13.0. The van der Waals surface area contributed by atoms with Crippen LogP contribution in [0.5, 0.6) is 0 Å². The zero-order valence-corrected chi connectivity index (χ0v) is 11.1. The van der Waals surface area contributed by atoms with E-state index in [1.807, 2.05) is 0 Å². The number of aryl methyl sites for hydroxylation is 1. The van der Waals surface area contributed by atoms with Crippen molar-refractivity contribution in [3.63, 3.8) is 0 Å². The molecule has 2 aromatic heterocycles. The maximum absolute atomic E-state index is 10.5. The van der Waals surface area contributed by atoms with Gasteiger partial charge in [0, 0.05) is 0 Å². The molecule has 0 fully saturated rings. The van der Waals surface area contributed by atoms with E-state index in [9.17, 15) is 10.1 Å². The van der Waals surface area contributed by atoms with Crippen LogP contribution in [0.1, 0.15) is 19.8 Å². The Bertz CT molecular complexity index is 539. The van der Waals surface area contributed by atoms with Crippen LogP contribution < -0.4 is 0 Å². The summed E-state index contributed by atoms with van der Waals surface area (Å²) in [6.07, 6.45) is 3.28. The lowest BCUT2D eigenvalue weighted by Gasteiger charge is -1.93. The van der Waals surface area contributed by atoms with Crippen molar-refractivity contribution in [2.24, 2.45) is 0 Å². The van der Waals surface area contributed by atoms with Crippen molar-refractivity contribution in [2.45, 2.75) is 35.8 Å². The van der Waals surface area contributed by atoms with Crippen molar-refractivity contribution in [3.05, 3.63) is 16.3 Å². The van der Waals surface area contributed by atoms with Crippen LogP contribution >= 0.6 is 23.1 Å². The van der Waals surface area contributed by atoms with Gasteiger partial charge in [-0.1, -0.05) is 13.3 Å². The molecule has 0 amide bonds. The van der Waals surface area contributed by atoms with Gasteiger partial charge in [0.1, 0.15) is 6.20 Å². The molecule has 96 valence electrons. The van der Waals surface area contributed by atoms with Gasteiger partial charge >= 0.3 is 5.00 Å². The van der Waals surface area contributed by atoms with Gasteiger partial charge in [-0.05, 0) is 34.7 Å². The van der Waals surface area contributed by atoms with Gasteiger partial charge in [-0.25, -0.2) is 4.98 Å². The fourth-order valence-electron chi connectivity index (χ4n) is 1.12. The Morgan fingerprint density at radius 2 is 2.44 bits per heavy atom. The lowest BCUT2D eigenvalue weighted by molar-refractivity contribution is -0.380. The van der Waals surface area contributed by atoms with Crippen molar-refractivity contribution in [1.29, 1.82) is 0 Å². The highest BCUT2D eigenvalue weighted by Gasteiger charge is 2.14. The molecule has 0 radical (unpaired) electrons. The molecule has 0 aliphatic heterocycles. The van der Waals surface area contributed by atoms with Gasteiger partial charge in [0.05, 0.1) is 11.5 Å². The van der Waals surface area contributed by atoms with Crippen LogP contribution in [0.15, 0.2) is 15.7 Å². The summed E-state index contributed by atoms with van der Waals surface area (Å²) in [6.45, 7) is 2.81. The molecule has 0 spiro atoms.